The van der Waals surface area contributed by atoms with Gasteiger partial charge in [-0.05, 0) is 6.92 Å². The lowest BCUT2D eigenvalue weighted by atomic mass is 10.1. The molecular formula is C7H12N2. The molecule has 0 aromatic carbocycles. The standard InChI is InChI=1S/C7H12N2/c1-4-9-7(3)6(2)5-8-9/h4-7H,1H2,2-3H3/t6?,7-/m1/s1. The van der Waals surface area contributed by atoms with Crippen molar-refractivity contribution in [1.82, 2.24) is 5.01 Å². The first-order valence-corrected chi connectivity index (χ1v) is 3.20. The monoisotopic (exact) mass is 124 g/mol. The maximum atomic E-state index is 4.11. The molecule has 50 valence electrons. The molecule has 0 fully saturated rings. The Labute approximate surface area is 55.9 Å². The van der Waals surface area contributed by atoms with Crippen LogP contribution in [0.5, 0.6) is 0 Å². The van der Waals surface area contributed by atoms with E-state index in [0.717, 1.165) is 0 Å². The summed E-state index contributed by atoms with van der Waals surface area (Å²) in [5, 5.41) is 5.99. The predicted octanol–water partition coefficient (Wildman–Crippen LogP) is 1.46. The van der Waals surface area contributed by atoms with Crippen molar-refractivity contribution in [2.45, 2.75) is 19.9 Å². The number of hydrogen-bond donors (Lipinski definition) is 0. The Morgan fingerprint density at radius 3 is 2.56 bits per heavy atom. The van der Waals surface area contributed by atoms with Crippen molar-refractivity contribution in [2.75, 3.05) is 0 Å². The lowest BCUT2D eigenvalue weighted by molar-refractivity contribution is 0.308. The van der Waals surface area contributed by atoms with Crippen LogP contribution in [0.4, 0.5) is 0 Å². The first kappa shape index (κ1) is 6.33. The second kappa shape index (κ2) is 2.21. The quantitative estimate of drug-likeness (QED) is 0.516. The molecule has 2 nitrogen and oxygen atoms in total. The average Bonchev–Trinajstić information content (AvgIpc) is 2.15. The Kier molecular flexibility index (Phi) is 1.56. The van der Waals surface area contributed by atoms with Gasteiger partial charge in [0.2, 0.25) is 0 Å². The molecule has 0 N–H and O–H groups in total. The molecule has 2 atom stereocenters. The summed E-state index contributed by atoms with van der Waals surface area (Å²) in [6, 6.07) is 0.488. The molecule has 0 aliphatic carbocycles. The Morgan fingerprint density at radius 2 is 2.33 bits per heavy atom. The minimum atomic E-state index is 0.488. The van der Waals surface area contributed by atoms with Gasteiger partial charge in [0.1, 0.15) is 0 Å². The highest BCUT2D eigenvalue weighted by molar-refractivity contribution is 5.63. The van der Waals surface area contributed by atoms with Gasteiger partial charge < -0.3 is 0 Å². The van der Waals surface area contributed by atoms with Crippen LogP contribution in [0.25, 0.3) is 0 Å². The molecule has 1 aliphatic heterocycles. The molecule has 9 heavy (non-hydrogen) atoms. The van der Waals surface area contributed by atoms with Gasteiger partial charge in [-0.3, -0.25) is 5.01 Å². The van der Waals surface area contributed by atoms with Crippen molar-refractivity contribution in [3.05, 3.63) is 12.8 Å². The molecule has 0 spiro atoms. The summed E-state index contributed by atoms with van der Waals surface area (Å²) in [6.07, 6.45) is 3.71. The Bertz CT molecular complexity index is 140. The molecule has 0 amide bonds. The van der Waals surface area contributed by atoms with Gasteiger partial charge in [-0.25, -0.2) is 0 Å². The van der Waals surface area contributed by atoms with Crippen molar-refractivity contribution in [1.29, 1.82) is 0 Å². The highest BCUT2D eigenvalue weighted by atomic mass is 15.5. The minimum absolute atomic E-state index is 0.488. The van der Waals surface area contributed by atoms with E-state index in [4.69, 9.17) is 0 Å². The lowest BCUT2D eigenvalue weighted by Gasteiger charge is -2.17. The summed E-state index contributed by atoms with van der Waals surface area (Å²) in [5.41, 5.74) is 0. The summed E-state index contributed by atoms with van der Waals surface area (Å²) >= 11 is 0. The van der Waals surface area contributed by atoms with E-state index in [0.29, 0.717) is 12.0 Å². The topological polar surface area (TPSA) is 15.6 Å². The fraction of sp³-hybridized carbons (Fsp3) is 0.571. The van der Waals surface area contributed by atoms with Gasteiger partial charge in [-0.1, -0.05) is 13.5 Å². The molecule has 1 aliphatic rings. The first-order chi connectivity index (χ1) is 4.25. The van der Waals surface area contributed by atoms with E-state index in [-0.39, 0.29) is 0 Å². The van der Waals surface area contributed by atoms with Crippen LogP contribution in [0.2, 0.25) is 0 Å². The van der Waals surface area contributed by atoms with E-state index in [1.54, 1.807) is 6.20 Å². The molecule has 1 rings (SSSR count). The molecule has 0 saturated carbocycles. The minimum Gasteiger partial charge on any atom is -0.270 e. The average molecular weight is 124 g/mol. The van der Waals surface area contributed by atoms with E-state index in [1.807, 2.05) is 11.2 Å². The molecule has 1 heterocycles. The number of nitrogens with zero attached hydrogens (tertiary/aromatic N) is 2. The predicted molar refractivity (Wildman–Crippen MR) is 39.2 cm³/mol. The SMILES string of the molecule is C=CN1N=CC(C)[C@H]1C. The van der Waals surface area contributed by atoms with Crippen molar-refractivity contribution < 1.29 is 0 Å². The Balaban J connectivity index is 2.61. The lowest BCUT2D eigenvalue weighted by Crippen LogP contribution is -2.22. The molecule has 0 saturated heterocycles. The highest BCUT2D eigenvalue weighted by Gasteiger charge is 2.19. The second-order valence-corrected chi connectivity index (χ2v) is 2.43. The van der Waals surface area contributed by atoms with Gasteiger partial charge in [-0.2, -0.15) is 5.10 Å². The zero-order chi connectivity index (χ0) is 6.85. The van der Waals surface area contributed by atoms with Crippen molar-refractivity contribution >= 4 is 6.21 Å². The van der Waals surface area contributed by atoms with E-state index in [1.165, 1.54) is 0 Å². The summed E-state index contributed by atoms with van der Waals surface area (Å²) < 4.78 is 0. The summed E-state index contributed by atoms with van der Waals surface area (Å²) in [5.74, 6) is 0.558. The first-order valence-electron chi connectivity index (χ1n) is 3.20. The van der Waals surface area contributed by atoms with Crippen LogP contribution in [-0.4, -0.2) is 17.3 Å². The van der Waals surface area contributed by atoms with Gasteiger partial charge in [0.05, 0.1) is 6.04 Å². The third kappa shape index (κ3) is 0.969. The van der Waals surface area contributed by atoms with E-state index < -0.39 is 0 Å². The van der Waals surface area contributed by atoms with Crippen LogP contribution in [0.3, 0.4) is 0 Å². The van der Waals surface area contributed by atoms with Crippen LogP contribution in [0.15, 0.2) is 17.9 Å². The maximum absolute atomic E-state index is 4.11. The van der Waals surface area contributed by atoms with Crippen LogP contribution in [-0.2, 0) is 0 Å². The van der Waals surface area contributed by atoms with Crippen LogP contribution >= 0.6 is 0 Å². The third-order valence-electron chi connectivity index (χ3n) is 1.80. The zero-order valence-electron chi connectivity index (χ0n) is 5.91. The highest BCUT2D eigenvalue weighted by Crippen LogP contribution is 2.15. The van der Waals surface area contributed by atoms with Gasteiger partial charge >= 0.3 is 0 Å². The second-order valence-electron chi connectivity index (χ2n) is 2.43. The molecule has 0 aromatic heterocycles. The van der Waals surface area contributed by atoms with Crippen molar-refractivity contribution in [3.8, 4) is 0 Å². The molecule has 0 aromatic rings. The Morgan fingerprint density at radius 1 is 1.67 bits per heavy atom. The van der Waals surface area contributed by atoms with E-state index >= 15 is 0 Å². The third-order valence-corrected chi connectivity index (χ3v) is 1.80. The van der Waals surface area contributed by atoms with Crippen LogP contribution in [0.1, 0.15) is 13.8 Å². The summed E-state index contributed by atoms with van der Waals surface area (Å²) in [7, 11) is 0. The maximum Gasteiger partial charge on any atom is 0.0566 e. The van der Waals surface area contributed by atoms with Gasteiger partial charge in [0.25, 0.3) is 0 Å². The smallest absolute Gasteiger partial charge is 0.0566 e. The van der Waals surface area contributed by atoms with Gasteiger partial charge in [-0.15, -0.1) is 0 Å². The molecule has 0 bridgehead atoms. The van der Waals surface area contributed by atoms with Crippen LogP contribution in [0, 0.1) is 5.92 Å². The van der Waals surface area contributed by atoms with Gasteiger partial charge in [0, 0.05) is 18.3 Å². The Hall–Kier alpha value is -0.790. The van der Waals surface area contributed by atoms with Crippen molar-refractivity contribution in [3.63, 3.8) is 0 Å². The molecule has 0 radical (unpaired) electrons. The van der Waals surface area contributed by atoms with Crippen molar-refractivity contribution in [2.24, 2.45) is 11.0 Å². The van der Waals surface area contributed by atoms with Crippen LogP contribution < -0.4 is 0 Å². The summed E-state index contributed by atoms with van der Waals surface area (Å²) in [6.45, 7) is 7.93. The fourth-order valence-corrected chi connectivity index (χ4v) is 0.866. The van der Waals surface area contributed by atoms with E-state index in [9.17, 15) is 0 Å². The normalized spacial score (nSPS) is 33.3. The zero-order valence-corrected chi connectivity index (χ0v) is 5.91. The number of hydrazone groups is 1. The number of hydrogen-bond acceptors (Lipinski definition) is 2. The number of rotatable bonds is 1. The fourth-order valence-electron chi connectivity index (χ4n) is 0.866. The molecule has 1 unspecified atom stereocenters. The van der Waals surface area contributed by atoms with E-state index in [2.05, 4.69) is 25.5 Å². The largest absolute Gasteiger partial charge is 0.270 e. The molecular weight excluding hydrogens is 112 g/mol. The summed E-state index contributed by atoms with van der Waals surface area (Å²) in [4.78, 5) is 0. The molecule has 2 heteroatoms. The van der Waals surface area contributed by atoms with Gasteiger partial charge in [0.15, 0.2) is 0 Å².